The maximum Gasteiger partial charge on any atom is 0.228 e. The van der Waals surface area contributed by atoms with Gasteiger partial charge in [-0.1, -0.05) is 109 Å². The van der Waals surface area contributed by atoms with Crippen LogP contribution in [0.1, 0.15) is 32.7 Å². The van der Waals surface area contributed by atoms with Crippen molar-refractivity contribution in [3.63, 3.8) is 0 Å². The summed E-state index contributed by atoms with van der Waals surface area (Å²) in [6, 6.07) is 49.0. The zero-order valence-corrected chi connectivity index (χ0v) is 26.2. The van der Waals surface area contributed by atoms with Gasteiger partial charge in [0, 0.05) is 24.0 Å². The molecule has 5 aromatic carbocycles. The Kier molecular flexibility index (Phi) is 9.82. The molecule has 0 fully saturated rings. The van der Waals surface area contributed by atoms with E-state index in [1.165, 1.54) is 15.9 Å². The summed E-state index contributed by atoms with van der Waals surface area (Å²) in [5.74, 6) is -0.166. The van der Waals surface area contributed by atoms with Crippen LogP contribution in [0.15, 0.2) is 157 Å². The lowest BCUT2D eigenvalue weighted by Gasteiger charge is -2.28. The van der Waals surface area contributed by atoms with Gasteiger partial charge in [-0.05, 0) is 42.0 Å². The molecule has 0 saturated heterocycles. The third kappa shape index (κ3) is 6.18. The van der Waals surface area contributed by atoms with Gasteiger partial charge in [0.1, 0.15) is 23.2 Å². The molecule has 0 atom stereocenters. The van der Waals surface area contributed by atoms with Gasteiger partial charge < -0.3 is 21.7 Å². The highest BCUT2D eigenvalue weighted by atomic mass is 79.9. The number of carbonyl (C=O) groups excluding carboxylic acids is 2. The lowest BCUT2D eigenvalue weighted by atomic mass is 9.85. The van der Waals surface area contributed by atoms with Crippen molar-refractivity contribution in [2.75, 3.05) is 12.8 Å². The summed E-state index contributed by atoms with van der Waals surface area (Å²) in [5.41, 5.74) is 2.26. The number of hydrogen-bond donors (Lipinski definition) is 0. The highest BCUT2D eigenvalue weighted by Gasteiger charge is 2.44. The van der Waals surface area contributed by atoms with E-state index in [0.29, 0.717) is 29.7 Å². The molecule has 0 aliphatic heterocycles. The van der Waals surface area contributed by atoms with Gasteiger partial charge in [-0.3, -0.25) is 9.59 Å². The zero-order valence-electron chi connectivity index (χ0n) is 23.7. The van der Waals surface area contributed by atoms with Crippen molar-refractivity contribution < 1.29 is 31.3 Å². The molecule has 3 nitrogen and oxygen atoms in total. The number of carbonyl (C=O) groups is 2. The molecule has 43 heavy (non-hydrogen) atoms. The fraction of sp³-hybridized carbons (Fsp3) is 0.105. The van der Waals surface area contributed by atoms with E-state index in [1.807, 2.05) is 30.3 Å². The second-order valence-corrected chi connectivity index (χ2v) is 14.0. The van der Waals surface area contributed by atoms with Gasteiger partial charge >= 0.3 is 0 Å². The monoisotopic (exact) mass is 646 g/mol. The Balaban J connectivity index is 0.00000368. The summed E-state index contributed by atoms with van der Waals surface area (Å²) in [6.07, 6.45) is 1.94. The van der Waals surface area contributed by atoms with Gasteiger partial charge in [-0.15, -0.1) is 0 Å². The number of ketones is 2. The molecule has 5 heteroatoms. The first kappa shape index (κ1) is 30.4. The number of allylic oxidation sites excluding steroid dienone is 2. The van der Waals surface area contributed by atoms with Crippen molar-refractivity contribution in [1.29, 1.82) is 0 Å². The van der Waals surface area contributed by atoms with Crippen LogP contribution in [0.3, 0.4) is 0 Å². The maximum absolute atomic E-state index is 13.7. The molecule has 5 aromatic rings. The van der Waals surface area contributed by atoms with E-state index in [9.17, 15) is 9.59 Å². The number of halogens is 1. The van der Waals surface area contributed by atoms with Crippen LogP contribution in [0.5, 0.6) is 0 Å². The van der Waals surface area contributed by atoms with Gasteiger partial charge in [0.15, 0.2) is 11.5 Å². The van der Waals surface area contributed by atoms with Gasteiger partial charge in [0.2, 0.25) is 5.78 Å². The Morgan fingerprint density at radius 1 is 0.512 bits per heavy atom. The lowest BCUT2D eigenvalue weighted by molar-refractivity contribution is -0.0000220. The van der Waals surface area contributed by atoms with Crippen molar-refractivity contribution in [2.24, 2.45) is 0 Å². The first-order valence-corrected chi connectivity index (χ1v) is 16.3. The van der Waals surface area contributed by atoms with E-state index in [1.54, 1.807) is 24.3 Å². The van der Waals surface area contributed by atoms with Crippen molar-refractivity contribution in [3.05, 3.63) is 174 Å². The van der Waals surface area contributed by atoms with Crippen LogP contribution < -0.4 is 32.9 Å². The summed E-state index contributed by atoms with van der Waals surface area (Å²) >= 11 is 0. The minimum atomic E-state index is -2.02. The third-order valence-electron chi connectivity index (χ3n) is 7.87. The summed E-state index contributed by atoms with van der Waals surface area (Å²) in [6.45, 7) is 0.336. The molecule has 1 aliphatic carbocycles. The van der Waals surface area contributed by atoms with E-state index >= 15 is 0 Å². The van der Waals surface area contributed by atoms with E-state index in [2.05, 4.69) is 91.0 Å². The number of benzene rings is 5. The van der Waals surface area contributed by atoms with Gasteiger partial charge in [0.05, 0.1) is 18.3 Å². The quantitative estimate of drug-likeness (QED) is 0.170. The normalized spacial score (nSPS) is 12.8. The average molecular weight is 648 g/mol. The molecule has 0 heterocycles. The molecular weight excluding hydrogens is 615 g/mol. The molecule has 0 saturated carbocycles. The molecule has 0 unspecified atom stereocenters. The Hall–Kier alpha value is -4.11. The molecule has 0 spiro atoms. The number of fused-ring (bicyclic) bond motifs is 1. The van der Waals surface area contributed by atoms with Crippen LogP contribution in [0.25, 0.3) is 0 Å². The molecule has 0 aromatic heterocycles. The Morgan fingerprint density at radius 3 is 1.42 bits per heavy atom. The standard InChI is InChI=1S/C38H32O3P.BrH/c39-36-33-24-13-14-25-34(33)37(40)38(35(36)28-29-16-5-1-6-17-29)41-26-15-27-42(30-18-7-2-8-19-30,31-20-9-3-10-21-31)32-22-11-4-12-23-32;/h1-14,16-25H,15,26-28H2;1H/q+1;/p-1. The van der Waals surface area contributed by atoms with Crippen molar-refractivity contribution in [1.82, 2.24) is 0 Å². The highest BCUT2D eigenvalue weighted by Crippen LogP contribution is 2.55. The summed E-state index contributed by atoms with van der Waals surface area (Å²) in [7, 11) is -2.02. The highest BCUT2D eigenvalue weighted by molar-refractivity contribution is 7.95. The fourth-order valence-electron chi connectivity index (χ4n) is 5.88. The van der Waals surface area contributed by atoms with Crippen molar-refractivity contribution in [2.45, 2.75) is 12.8 Å². The molecular formula is C38H32BrO3P. The lowest BCUT2D eigenvalue weighted by Crippen LogP contribution is -3.00. The SMILES string of the molecule is O=C1C(Cc2ccccc2)=C(OCCC[P+](c2ccccc2)(c2ccccc2)c2ccccc2)C(=O)c2ccccc21.[Br-]. The molecule has 214 valence electrons. The summed E-state index contributed by atoms with van der Waals surface area (Å²) < 4.78 is 6.34. The molecule has 0 bridgehead atoms. The second-order valence-electron chi connectivity index (χ2n) is 10.4. The van der Waals surface area contributed by atoms with Gasteiger partial charge in [-0.25, -0.2) is 0 Å². The number of ether oxygens (including phenoxy) is 1. The predicted octanol–water partition coefficient (Wildman–Crippen LogP) is 3.97. The molecule has 0 N–H and O–H groups in total. The topological polar surface area (TPSA) is 43.4 Å². The zero-order chi connectivity index (χ0) is 28.8. The van der Waals surface area contributed by atoms with Crippen LogP contribution in [-0.2, 0) is 11.2 Å². The average Bonchev–Trinajstić information content (AvgIpc) is 3.06. The van der Waals surface area contributed by atoms with Crippen LogP contribution in [0, 0.1) is 0 Å². The molecule has 0 radical (unpaired) electrons. The first-order chi connectivity index (χ1) is 20.7. The predicted molar refractivity (Wildman–Crippen MR) is 173 cm³/mol. The minimum absolute atomic E-state index is 0. The van der Waals surface area contributed by atoms with E-state index in [0.717, 1.165) is 18.1 Å². The van der Waals surface area contributed by atoms with E-state index in [-0.39, 0.29) is 34.3 Å². The Labute approximate surface area is 264 Å². The van der Waals surface area contributed by atoms with Crippen molar-refractivity contribution >= 4 is 34.7 Å². The molecule has 0 amide bonds. The van der Waals surface area contributed by atoms with E-state index in [4.69, 9.17) is 4.74 Å². The van der Waals surface area contributed by atoms with E-state index < -0.39 is 7.26 Å². The smallest absolute Gasteiger partial charge is 0.228 e. The van der Waals surface area contributed by atoms with Crippen LogP contribution >= 0.6 is 7.26 Å². The number of Topliss-reactive ketones (excluding diaryl/α,β-unsaturated/α-hetero) is 2. The third-order valence-corrected chi connectivity index (χ3v) is 12.4. The largest absolute Gasteiger partial charge is 1.00 e. The molecule has 1 aliphatic rings. The summed E-state index contributed by atoms with van der Waals surface area (Å²) in [4.78, 5) is 27.3. The fourth-order valence-corrected chi connectivity index (χ4v) is 10.2. The number of rotatable bonds is 10. The molecule has 6 rings (SSSR count). The maximum atomic E-state index is 13.7. The second kappa shape index (κ2) is 13.9. The van der Waals surface area contributed by atoms with Crippen LogP contribution in [0.2, 0.25) is 0 Å². The van der Waals surface area contributed by atoms with Gasteiger partial charge in [-0.2, -0.15) is 0 Å². The Bertz CT molecular complexity index is 1620. The first-order valence-electron chi connectivity index (χ1n) is 14.3. The summed E-state index contributed by atoms with van der Waals surface area (Å²) in [5, 5.41) is 3.93. The van der Waals surface area contributed by atoms with Gasteiger partial charge in [0.25, 0.3) is 0 Å². The van der Waals surface area contributed by atoms with Crippen LogP contribution in [0.4, 0.5) is 0 Å². The number of hydrogen-bond acceptors (Lipinski definition) is 3. The van der Waals surface area contributed by atoms with Crippen molar-refractivity contribution in [3.8, 4) is 0 Å². The minimum Gasteiger partial charge on any atom is -1.00 e. The van der Waals surface area contributed by atoms with Crippen LogP contribution in [-0.4, -0.2) is 24.3 Å². The Morgan fingerprint density at radius 2 is 0.930 bits per heavy atom.